The molecule has 0 fully saturated rings. The van der Waals surface area contributed by atoms with Gasteiger partial charge < -0.3 is 10.2 Å². The molecule has 0 atom stereocenters. The lowest BCUT2D eigenvalue weighted by atomic mass is 10.1. The van der Waals surface area contributed by atoms with Gasteiger partial charge in [-0.3, -0.25) is 9.78 Å². The molecule has 2 aromatic rings. The Kier molecular flexibility index (Phi) is 3.89. The Bertz CT molecular complexity index is 546. The maximum Gasteiger partial charge on any atom is 0.252 e. The summed E-state index contributed by atoms with van der Waals surface area (Å²) in [5, 5.41) is 4.84. The van der Waals surface area contributed by atoms with Crippen molar-refractivity contribution in [3.05, 3.63) is 42.2 Å². The van der Waals surface area contributed by atoms with Gasteiger partial charge in [0.2, 0.25) is 0 Å². The van der Waals surface area contributed by atoms with E-state index in [1.165, 1.54) is 0 Å². The SMILES string of the molecule is CN(C)CCNC(=O)c1cccc2ccncc12. The van der Waals surface area contributed by atoms with Gasteiger partial charge >= 0.3 is 0 Å². The monoisotopic (exact) mass is 243 g/mol. The highest BCUT2D eigenvalue weighted by molar-refractivity contribution is 6.06. The topological polar surface area (TPSA) is 45.2 Å². The first-order valence-corrected chi connectivity index (χ1v) is 5.94. The van der Waals surface area contributed by atoms with E-state index in [2.05, 4.69) is 10.3 Å². The summed E-state index contributed by atoms with van der Waals surface area (Å²) < 4.78 is 0. The Labute approximate surface area is 107 Å². The minimum atomic E-state index is -0.0459. The fourth-order valence-corrected chi connectivity index (χ4v) is 1.80. The number of benzene rings is 1. The lowest BCUT2D eigenvalue weighted by Crippen LogP contribution is -2.31. The molecule has 0 saturated carbocycles. The molecule has 0 aliphatic heterocycles. The molecule has 1 aromatic carbocycles. The van der Waals surface area contributed by atoms with Crippen molar-refractivity contribution in [2.75, 3.05) is 27.2 Å². The Balaban J connectivity index is 2.17. The van der Waals surface area contributed by atoms with Crippen LogP contribution in [0.5, 0.6) is 0 Å². The van der Waals surface area contributed by atoms with Gasteiger partial charge in [-0.2, -0.15) is 0 Å². The van der Waals surface area contributed by atoms with Gasteiger partial charge in [0.05, 0.1) is 0 Å². The predicted molar refractivity (Wildman–Crippen MR) is 72.6 cm³/mol. The number of rotatable bonds is 4. The first kappa shape index (κ1) is 12.5. The fourth-order valence-electron chi connectivity index (χ4n) is 1.80. The largest absolute Gasteiger partial charge is 0.351 e. The van der Waals surface area contributed by atoms with Crippen LogP contribution in [-0.2, 0) is 0 Å². The van der Waals surface area contributed by atoms with Crippen LogP contribution in [0.3, 0.4) is 0 Å². The second kappa shape index (κ2) is 5.60. The summed E-state index contributed by atoms with van der Waals surface area (Å²) in [5.74, 6) is -0.0459. The Morgan fingerprint density at radius 1 is 1.33 bits per heavy atom. The van der Waals surface area contributed by atoms with E-state index < -0.39 is 0 Å². The lowest BCUT2D eigenvalue weighted by Gasteiger charge is -2.11. The van der Waals surface area contributed by atoms with Crippen molar-refractivity contribution in [2.24, 2.45) is 0 Å². The second-order valence-electron chi connectivity index (χ2n) is 4.46. The van der Waals surface area contributed by atoms with Crippen LogP contribution in [0.25, 0.3) is 10.8 Å². The number of carbonyl (C=O) groups excluding carboxylic acids is 1. The highest BCUT2D eigenvalue weighted by Crippen LogP contribution is 2.16. The summed E-state index contributed by atoms with van der Waals surface area (Å²) in [6.45, 7) is 1.47. The standard InChI is InChI=1S/C14H17N3O/c1-17(2)9-8-16-14(18)12-5-3-4-11-6-7-15-10-13(11)12/h3-7,10H,8-9H2,1-2H3,(H,16,18). The van der Waals surface area contributed by atoms with Gasteiger partial charge in [0.25, 0.3) is 5.91 Å². The van der Waals surface area contributed by atoms with Gasteiger partial charge in [-0.15, -0.1) is 0 Å². The van der Waals surface area contributed by atoms with Crippen LogP contribution in [0.15, 0.2) is 36.7 Å². The summed E-state index contributed by atoms with van der Waals surface area (Å²) in [4.78, 5) is 18.2. The maximum absolute atomic E-state index is 12.1. The van der Waals surface area contributed by atoms with Gasteiger partial charge in [-0.1, -0.05) is 12.1 Å². The number of nitrogens with zero attached hydrogens (tertiary/aromatic N) is 2. The molecule has 0 radical (unpaired) electrons. The third-order valence-electron chi connectivity index (χ3n) is 2.77. The molecule has 0 aliphatic carbocycles. The normalized spacial score (nSPS) is 10.8. The summed E-state index contributed by atoms with van der Waals surface area (Å²) in [6, 6.07) is 7.61. The minimum Gasteiger partial charge on any atom is -0.351 e. The van der Waals surface area contributed by atoms with Crippen molar-refractivity contribution in [1.82, 2.24) is 15.2 Å². The van der Waals surface area contributed by atoms with E-state index in [9.17, 15) is 4.79 Å². The van der Waals surface area contributed by atoms with Crippen LogP contribution in [0.2, 0.25) is 0 Å². The molecule has 1 heterocycles. The molecule has 0 bridgehead atoms. The molecule has 4 heteroatoms. The summed E-state index contributed by atoms with van der Waals surface area (Å²) >= 11 is 0. The molecule has 1 aromatic heterocycles. The summed E-state index contributed by atoms with van der Waals surface area (Å²) in [5.41, 5.74) is 0.680. The van der Waals surface area contributed by atoms with E-state index in [1.54, 1.807) is 12.4 Å². The number of pyridine rings is 1. The van der Waals surface area contributed by atoms with Crippen LogP contribution in [-0.4, -0.2) is 43.0 Å². The number of carbonyl (C=O) groups is 1. The predicted octanol–water partition coefficient (Wildman–Crippen LogP) is 1.53. The van der Waals surface area contributed by atoms with Crippen LogP contribution in [0, 0.1) is 0 Å². The number of nitrogens with one attached hydrogen (secondary N) is 1. The molecule has 1 amide bonds. The van der Waals surface area contributed by atoms with E-state index in [4.69, 9.17) is 0 Å². The van der Waals surface area contributed by atoms with Crippen molar-refractivity contribution >= 4 is 16.7 Å². The van der Waals surface area contributed by atoms with E-state index >= 15 is 0 Å². The van der Waals surface area contributed by atoms with Crippen molar-refractivity contribution in [1.29, 1.82) is 0 Å². The van der Waals surface area contributed by atoms with E-state index in [1.807, 2.05) is 43.3 Å². The van der Waals surface area contributed by atoms with Crippen molar-refractivity contribution in [3.63, 3.8) is 0 Å². The van der Waals surface area contributed by atoms with Gasteiger partial charge in [0, 0.05) is 36.4 Å². The first-order chi connectivity index (χ1) is 8.68. The van der Waals surface area contributed by atoms with E-state index in [0.29, 0.717) is 12.1 Å². The first-order valence-electron chi connectivity index (χ1n) is 5.94. The molecule has 18 heavy (non-hydrogen) atoms. The van der Waals surface area contributed by atoms with Crippen molar-refractivity contribution < 1.29 is 4.79 Å². The third-order valence-corrected chi connectivity index (χ3v) is 2.77. The Hall–Kier alpha value is -1.94. The van der Waals surface area contributed by atoms with Crippen molar-refractivity contribution in [3.8, 4) is 0 Å². The number of amides is 1. The van der Waals surface area contributed by atoms with Crippen LogP contribution in [0.1, 0.15) is 10.4 Å². The number of hydrogen-bond donors (Lipinski definition) is 1. The number of aromatic nitrogens is 1. The van der Waals surface area contributed by atoms with Gasteiger partial charge in [0.15, 0.2) is 0 Å². The Morgan fingerprint density at radius 2 is 2.17 bits per heavy atom. The average molecular weight is 243 g/mol. The lowest BCUT2D eigenvalue weighted by molar-refractivity contribution is 0.0952. The molecule has 2 rings (SSSR count). The fraction of sp³-hybridized carbons (Fsp3) is 0.286. The summed E-state index contributed by atoms with van der Waals surface area (Å²) in [7, 11) is 3.96. The molecule has 0 unspecified atom stereocenters. The van der Waals surface area contributed by atoms with Crippen molar-refractivity contribution in [2.45, 2.75) is 0 Å². The number of hydrogen-bond acceptors (Lipinski definition) is 3. The molecule has 0 aliphatic rings. The molecule has 1 N–H and O–H groups in total. The molecular formula is C14H17N3O. The quantitative estimate of drug-likeness (QED) is 0.885. The minimum absolute atomic E-state index is 0.0459. The average Bonchev–Trinajstić information content (AvgIpc) is 2.37. The molecule has 0 spiro atoms. The zero-order valence-corrected chi connectivity index (χ0v) is 10.7. The molecular weight excluding hydrogens is 226 g/mol. The maximum atomic E-state index is 12.1. The van der Waals surface area contributed by atoms with Crippen LogP contribution < -0.4 is 5.32 Å². The zero-order chi connectivity index (χ0) is 13.0. The van der Waals surface area contributed by atoms with E-state index in [0.717, 1.165) is 17.3 Å². The van der Waals surface area contributed by atoms with Crippen LogP contribution >= 0.6 is 0 Å². The number of likely N-dealkylation sites (N-methyl/N-ethyl adjacent to an activating group) is 1. The van der Waals surface area contributed by atoms with E-state index in [-0.39, 0.29) is 5.91 Å². The van der Waals surface area contributed by atoms with Gasteiger partial charge in [-0.25, -0.2) is 0 Å². The molecule has 0 saturated heterocycles. The van der Waals surface area contributed by atoms with Crippen LogP contribution in [0.4, 0.5) is 0 Å². The highest BCUT2D eigenvalue weighted by Gasteiger charge is 2.08. The smallest absolute Gasteiger partial charge is 0.252 e. The van der Waals surface area contributed by atoms with Gasteiger partial charge in [0.1, 0.15) is 0 Å². The molecule has 94 valence electrons. The molecule has 4 nitrogen and oxygen atoms in total. The van der Waals surface area contributed by atoms with Gasteiger partial charge in [-0.05, 0) is 31.6 Å². The highest BCUT2D eigenvalue weighted by atomic mass is 16.1. The zero-order valence-electron chi connectivity index (χ0n) is 10.7. The number of fused-ring (bicyclic) bond motifs is 1. The summed E-state index contributed by atoms with van der Waals surface area (Å²) in [6.07, 6.45) is 3.46. The Morgan fingerprint density at radius 3 is 2.94 bits per heavy atom. The second-order valence-corrected chi connectivity index (χ2v) is 4.46. The third kappa shape index (κ3) is 2.84.